The van der Waals surface area contributed by atoms with Crippen LogP contribution in [0.2, 0.25) is 0 Å². The molecule has 0 saturated carbocycles. The van der Waals surface area contributed by atoms with Crippen molar-refractivity contribution in [1.82, 2.24) is 54.5 Å². The molecule has 5 heterocycles. The third-order valence-electron chi connectivity index (χ3n) is 15.6. The number of rotatable bonds is 24. The van der Waals surface area contributed by atoms with Crippen molar-refractivity contribution in [1.29, 1.82) is 0 Å². The Labute approximate surface area is 685 Å². The van der Waals surface area contributed by atoms with Crippen LogP contribution in [0.25, 0.3) is 0 Å². The van der Waals surface area contributed by atoms with Crippen LogP contribution in [-0.2, 0) is 102 Å². The summed E-state index contributed by atoms with van der Waals surface area (Å²) in [6.45, 7) is 28.2. The molecule has 27 heteroatoms. The number of hydrogen-bond acceptors (Lipinski definition) is 20. The summed E-state index contributed by atoms with van der Waals surface area (Å²) >= 11 is 0. The number of hydrazine groups is 1. The molecule has 0 atom stereocenters. The molecular weight excluding hydrogens is 1450 g/mol. The van der Waals surface area contributed by atoms with E-state index in [1.807, 2.05) is 201 Å². The normalized spacial score (nSPS) is 11.0. The zero-order valence-corrected chi connectivity index (χ0v) is 69.7. The number of aliphatic hydroxyl groups excluding tert-OH is 1. The number of aryl methyl sites for hydroxylation is 5. The van der Waals surface area contributed by atoms with Gasteiger partial charge in [-0.15, -0.1) is 5.76 Å². The molecule has 4 N–H and O–H groups in total. The smallest absolute Gasteiger partial charge is 0.875 e. The summed E-state index contributed by atoms with van der Waals surface area (Å²) < 4.78 is 27.4. The zero-order valence-electron chi connectivity index (χ0n) is 67.7. The SMILES string of the molecule is CCCc1cc(C)n(Cc2ccccc2)n1.CCOC(=O)/C=C(\[O-])CC.CCOC(=O)C1=NN(Cc2ccccc2)C(=O)C1.CCOC(=O)c1cc(C)n(Cc2ccccc2)n1.Cc1cc(CN(C)C(=O)OC(C)(C)C)nn1Cc1ccccc1.Cc1cc(CO)nn1Cc1ccccc1.NNCc1ccccc1.O=C=O.[Na+]. The van der Waals surface area contributed by atoms with Crippen LogP contribution < -0.4 is 45.9 Å². The molecule has 596 valence electrons. The number of hydrazone groups is 1. The van der Waals surface area contributed by atoms with Crippen LogP contribution >= 0.6 is 0 Å². The predicted molar refractivity (Wildman–Crippen MR) is 427 cm³/mol. The fourth-order valence-electron chi connectivity index (χ4n) is 10.2. The van der Waals surface area contributed by atoms with E-state index in [0.717, 1.165) is 84.7 Å². The maximum absolute atomic E-state index is 12.0. The Morgan fingerprint density at radius 2 is 0.912 bits per heavy atom. The number of benzene rings is 6. The Morgan fingerprint density at radius 3 is 1.29 bits per heavy atom. The van der Waals surface area contributed by atoms with Crippen molar-refractivity contribution in [2.45, 2.75) is 167 Å². The van der Waals surface area contributed by atoms with Gasteiger partial charge >= 0.3 is 59.7 Å². The number of hydrogen-bond donors (Lipinski definition) is 3. The van der Waals surface area contributed by atoms with Crippen molar-refractivity contribution in [2.75, 3.05) is 26.9 Å². The first-order valence-corrected chi connectivity index (χ1v) is 36.9. The molecule has 0 spiro atoms. The summed E-state index contributed by atoms with van der Waals surface area (Å²) in [6, 6.07) is 68.2. The third-order valence-corrected chi connectivity index (χ3v) is 15.6. The van der Waals surface area contributed by atoms with Gasteiger partial charge < -0.3 is 34.1 Å². The third kappa shape index (κ3) is 38.0. The van der Waals surface area contributed by atoms with Crippen molar-refractivity contribution in [2.24, 2.45) is 10.9 Å². The molecule has 0 fully saturated rings. The minimum absolute atomic E-state index is 0. The number of carbonyl (C=O) groups is 5. The summed E-state index contributed by atoms with van der Waals surface area (Å²) in [5.41, 5.74) is 16.8. The monoisotopic (exact) mass is 1550 g/mol. The molecule has 0 aliphatic carbocycles. The summed E-state index contributed by atoms with van der Waals surface area (Å²) in [7, 11) is 1.72. The Bertz CT molecular complexity index is 4480. The predicted octanol–water partition coefficient (Wildman–Crippen LogP) is 9.56. The minimum atomic E-state index is -0.547. The molecule has 0 bridgehead atoms. The maximum atomic E-state index is 12.0. The van der Waals surface area contributed by atoms with Crippen molar-refractivity contribution < 1.29 is 92.3 Å². The molecule has 1 aliphatic heterocycles. The van der Waals surface area contributed by atoms with Crippen LogP contribution in [0.1, 0.15) is 158 Å². The Hall–Kier alpha value is -11.2. The van der Waals surface area contributed by atoms with E-state index < -0.39 is 17.5 Å². The summed E-state index contributed by atoms with van der Waals surface area (Å²) in [5.74, 6) is 3.31. The first-order valence-electron chi connectivity index (χ1n) is 36.9. The maximum Gasteiger partial charge on any atom is 1.00 e. The number of carbonyl (C=O) groups excluding carboxylic acids is 7. The van der Waals surface area contributed by atoms with Crippen LogP contribution in [0, 0.1) is 27.7 Å². The second-order valence-corrected chi connectivity index (χ2v) is 26.1. The largest absolute Gasteiger partial charge is 1.00 e. The van der Waals surface area contributed by atoms with Crippen LogP contribution in [0.4, 0.5) is 4.79 Å². The van der Waals surface area contributed by atoms with Crippen molar-refractivity contribution in [3.63, 3.8) is 0 Å². The number of nitrogens with zero attached hydrogens (tertiary/aromatic N) is 11. The van der Waals surface area contributed by atoms with Gasteiger partial charge in [0, 0.05) is 42.4 Å². The van der Waals surface area contributed by atoms with Crippen LogP contribution in [0.5, 0.6) is 0 Å². The molecule has 11 rings (SSSR count). The fraction of sp³-hybridized carbons (Fsp3) is 0.337. The molecule has 6 aromatic carbocycles. The van der Waals surface area contributed by atoms with Crippen molar-refractivity contribution in [3.05, 3.63) is 297 Å². The van der Waals surface area contributed by atoms with Gasteiger partial charge in [0.15, 0.2) is 11.4 Å². The molecule has 0 saturated heterocycles. The van der Waals surface area contributed by atoms with Gasteiger partial charge in [0.1, 0.15) is 5.60 Å². The van der Waals surface area contributed by atoms with E-state index >= 15 is 0 Å². The van der Waals surface area contributed by atoms with Gasteiger partial charge in [0.25, 0.3) is 0 Å². The average Bonchev–Trinajstić information content (AvgIpc) is 1.94. The Morgan fingerprint density at radius 1 is 0.549 bits per heavy atom. The van der Waals surface area contributed by atoms with Crippen molar-refractivity contribution in [3.8, 4) is 0 Å². The van der Waals surface area contributed by atoms with E-state index in [1.54, 1.807) is 45.7 Å². The molecule has 4 aromatic heterocycles. The Balaban J connectivity index is 0.000000344. The fourth-order valence-corrected chi connectivity index (χ4v) is 10.2. The number of allylic oxidation sites excluding steroid dienone is 1. The minimum Gasteiger partial charge on any atom is -0.875 e. The first kappa shape index (κ1) is 96.0. The molecule has 2 amide bonds. The molecule has 26 nitrogen and oxygen atoms in total. The summed E-state index contributed by atoms with van der Waals surface area (Å²) in [4.78, 5) is 75.0. The first-order chi connectivity index (χ1) is 53.8. The standard InChI is InChI=1S/C18H25N3O2.C14H16N2O2.C14H18N2.C13H14N2O3.C12H14N2O.C7H10N2.C7H12O3.CO2.Na/c1-14-11-16(13-20(5)17(22)23-18(2,3)4)19-21(14)12-15-9-7-6-8-10-15;1-3-18-14(17)13-9-11(2)16(15-13)10-12-7-5-4-6-8-12;1-3-7-14-10-12(2)16(15-14)11-13-8-5-4-6-9-13;1-2-18-13(17)11-8-12(16)15(14-11)9-10-6-4-3-5-7-10;1-10-7-12(9-15)13-14(10)8-11-5-3-2-4-6-11;8-9-6-7-4-2-1-3-5-7;1-3-6(8)5-7(9)10-4-2;2-1-3;/h6-11H,12-13H2,1-5H3;4-9H,3,10H2,1-2H3;4-6,8-10H,3,7,11H2,1-2H3;3-7H,2,8-9H2,1H3;2-7,15H,8-9H2,1H3;1-5,9H,6,8H2;5,8H,3-4H2,1-2H3;;/q;;;;;;;;+1/p-1/b;;;;;;6-5-;;. The van der Waals surface area contributed by atoms with E-state index in [2.05, 4.69) is 109 Å². The van der Waals surface area contributed by atoms with Crippen LogP contribution in [-0.4, -0.2) is 128 Å². The Kier molecular flexibility index (Phi) is 45.6. The van der Waals surface area contributed by atoms with E-state index in [4.69, 9.17) is 34.7 Å². The van der Waals surface area contributed by atoms with E-state index in [1.165, 1.54) is 38.7 Å². The van der Waals surface area contributed by atoms with E-state index in [0.29, 0.717) is 45.0 Å². The molecular formula is C86H108N13NaO13. The molecule has 10 aromatic rings. The molecule has 1 aliphatic rings. The number of amides is 2. The number of nitrogens with one attached hydrogen (secondary N) is 1. The number of aliphatic hydroxyl groups is 1. The average molecular weight is 1550 g/mol. The molecule has 113 heavy (non-hydrogen) atoms. The number of ether oxygens (including phenoxy) is 4. The van der Waals surface area contributed by atoms with Gasteiger partial charge in [-0.3, -0.25) is 34.8 Å². The van der Waals surface area contributed by atoms with Gasteiger partial charge in [0.2, 0.25) is 5.91 Å². The molecule has 0 unspecified atom stereocenters. The number of esters is 3. The number of aromatic nitrogens is 8. The van der Waals surface area contributed by atoms with E-state index in [9.17, 15) is 29.1 Å². The summed E-state index contributed by atoms with van der Waals surface area (Å²) in [5, 5.41) is 42.6. The molecule has 0 radical (unpaired) electrons. The van der Waals surface area contributed by atoms with Gasteiger partial charge in [-0.1, -0.05) is 202 Å². The number of nitrogens with two attached hydrogens (primary N) is 1. The quantitative estimate of drug-likeness (QED) is 0.00963. The second kappa shape index (κ2) is 53.6. The van der Waals surface area contributed by atoms with Crippen LogP contribution in [0.15, 0.2) is 223 Å². The van der Waals surface area contributed by atoms with E-state index in [-0.39, 0.29) is 84.8 Å². The zero-order chi connectivity index (χ0) is 82.2. The second-order valence-electron chi connectivity index (χ2n) is 26.1. The van der Waals surface area contributed by atoms with Gasteiger partial charge in [0.05, 0.1) is 89.2 Å². The van der Waals surface area contributed by atoms with Gasteiger partial charge in [-0.05, 0) is 140 Å². The van der Waals surface area contributed by atoms with Crippen LogP contribution in [0.3, 0.4) is 0 Å². The summed E-state index contributed by atoms with van der Waals surface area (Å²) in [6.07, 6.45) is 3.48. The topological polar surface area (TPSA) is 328 Å². The van der Waals surface area contributed by atoms with Crippen molar-refractivity contribution >= 4 is 41.8 Å². The van der Waals surface area contributed by atoms with Gasteiger partial charge in [-0.25, -0.2) is 24.2 Å². The van der Waals surface area contributed by atoms with Gasteiger partial charge in [-0.2, -0.15) is 35.1 Å².